The molecule has 0 radical (unpaired) electrons. The molecule has 3 rings (SSSR count). The van der Waals surface area contributed by atoms with Crippen LogP contribution in [0.5, 0.6) is 0 Å². The number of hydrogen-bond donors (Lipinski definition) is 2. The van der Waals surface area contributed by atoms with Gasteiger partial charge in [0.2, 0.25) is 0 Å². The van der Waals surface area contributed by atoms with Crippen molar-refractivity contribution in [1.82, 2.24) is 5.43 Å². The molecule has 0 aliphatic heterocycles. The van der Waals surface area contributed by atoms with E-state index in [1.165, 1.54) is 54.6 Å². The Kier molecular flexibility index (Phi) is 6.40. The molecule has 0 bridgehead atoms. The minimum atomic E-state index is -4.55. The summed E-state index contributed by atoms with van der Waals surface area (Å²) >= 11 is 0. The zero-order chi connectivity index (χ0) is 22.5. The van der Waals surface area contributed by atoms with Gasteiger partial charge in [0.25, 0.3) is 15.9 Å². The summed E-state index contributed by atoms with van der Waals surface area (Å²) < 4.78 is 65.9. The Hall–Kier alpha value is -3.66. The molecule has 3 aromatic carbocycles. The molecule has 0 spiro atoms. The van der Waals surface area contributed by atoms with E-state index in [0.717, 1.165) is 12.3 Å². The maximum atomic E-state index is 13.0. The van der Waals surface area contributed by atoms with Crippen molar-refractivity contribution >= 4 is 27.8 Å². The molecular formula is C21H16F3N3O3S. The number of rotatable bonds is 6. The van der Waals surface area contributed by atoms with Crippen LogP contribution < -0.4 is 10.1 Å². The standard InChI is InChI=1S/C21H16F3N3O3S/c22-21(23,24)19-9-5-4-6-16(19)14-25-26-20(28)15-10-12-17(13-11-15)27-31(29,30)18-7-2-1-3-8-18/h1-14,27H,(H,26,28)/b25-14+. The summed E-state index contributed by atoms with van der Waals surface area (Å²) in [6, 6.07) is 18.1. The molecule has 10 heteroatoms. The van der Waals surface area contributed by atoms with Crippen LogP contribution in [0, 0.1) is 0 Å². The molecule has 0 heterocycles. The van der Waals surface area contributed by atoms with Gasteiger partial charge < -0.3 is 0 Å². The summed E-state index contributed by atoms with van der Waals surface area (Å²) in [6.45, 7) is 0. The van der Waals surface area contributed by atoms with Crippen LogP contribution in [0.4, 0.5) is 18.9 Å². The van der Waals surface area contributed by atoms with Gasteiger partial charge >= 0.3 is 6.18 Å². The molecule has 3 aromatic rings. The number of sulfonamides is 1. The Bertz CT molecular complexity index is 1190. The van der Waals surface area contributed by atoms with E-state index in [-0.39, 0.29) is 21.7 Å². The zero-order valence-electron chi connectivity index (χ0n) is 15.8. The van der Waals surface area contributed by atoms with Crippen LogP contribution in [0.2, 0.25) is 0 Å². The van der Waals surface area contributed by atoms with Crippen LogP contribution in [0.3, 0.4) is 0 Å². The van der Waals surface area contributed by atoms with Crippen molar-refractivity contribution in [2.45, 2.75) is 11.1 Å². The summed E-state index contributed by atoms with van der Waals surface area (Å²) in [5.41, 5.74) is 1.46. The van der Waals surface area contributed by atoms with Crippen molar-refractivity contribution in [3.63, 3.8) is 0 Å². The first-order valence-corrected chi connectivity index (χ1v) is 10.3. The van der Waals surface area contributed by atoms with E-state index < -0.39 is 27.7 Å². The van der Waals surface area contributed by atoms with Gasteiger partial charge in [0.1, 0.15) is 0 Å². The highest BCUT2D eigenvalue weighted by Gasteiger charge is 2.32. The lowest BCUT2D eigenvalue weighted by molar-refractivity contribution is -0.137. The zero-order valence-corrected chi connectivity index (χ0v) is 16.6. The number of hydrogen-bond acceptors (Lipinski definition) is 4. The summed E-state index contributed by atoms with van der Waals surface area (Å²) in [5.74, 6) is -0.668. The highest BCUT2D eigenvalue weighted by atomic mass is 32.2. The average molecular weight is 447 g/mol. The minimum Gasteiger partial charge on any atom is -0.280 e. The molecule has 0 aliphatic rings. The molecule has 0 unspecified atom stereocenters. The van der Waals surface area contributed by atoms with Gasteiger partial charge in [-0.25, -0.2) is 13.8 Å². The fraction of sp³-hybridized carbons (Fsp3) is 0.0476. The first-order chi connectivity index (χ1) is 14.7. The normalized spacial score (nSPS) is 12.0. The van der Waals surface area contributed by atoms with Crippen molar-refractivity contribution in [1.29, 1.82) is 0 Å². The quantitative estimate of drug-likeness (QED) is 0.437. The second-order valence-corrected chi connectivity index (χ2v) is 7.96. The van der Waals surface area contributed by atoms with Crippen molar-refractivity contribution < 1.29 is 26.4 Å². The number of alkyl halides is 3. The summed E-state index contributed by atoms with van der Waals surface area (Å²) in [7, 11) is -3.77. The van der Waals surface area contributed by atoms with E-state index >= 15 is 0 Å². The van der Waals surface area contributed by atoms with Gasteiger partial charge in [-0.05, 0) is 42.5 Å². The lowest BCUT2D eigenvalue weighted by Gasteiger charge is -2.09. The predicted octanol–water partition coefficient (Wildman–Crippen LogP) is 4.27. The van der Waals surface area contributed by atoms with Gasteiger partial charge in [-0.1, -0.05) is 36.4 Å². The Balaban J connectivity index is 1.66. The van der Waals surface area contributed by atoms with Crippen molar-refractivity contribution in [3.8, 4) is 0 Å². The molecule has 0 saturated carbocycles. The topological polar surface area (TPSA) is 87.6 Å². The fourth-order valence-electron chi connectivity index (χ4n) is 2.60. The Morgan fingerprint density at radius 1 is 0.871 bits per heavy atom. The van der Waals surface area contributed by atoms with Crippen LogP contribution in [0.15, 0.2) is 88.9 Å². The third kappa shape index (κ3) is 5.70. The number of nitrogens with zero attached hydrogens (tertiary/aromatic N) is 1. The van der Waals surface area contributed by atoms with Crippen LogP contribution >= 0.6 is 0 Å². The van der Waals surface area contributed by atoms with Gasteiger partial charge in [0.05, 0.1) is 16.7 Å². The van der Waals surface area contributed by atoms with E-state index in [0.29, 0.717) is 0 Å². The first kappa shape index (κ1) is 22.0. The maximum absolute atomic E-state index is 13.0. The van der Waals surface area contributed by atoms with Crippen molar-refractivity contribution in [2.75, 3.05) is 4.72 Å². The van der Waals surface area contributed by atoms with Crippen LogP contribution in [0.25, 0.3) is 0 Å². The summed E-state index contributed by atoms with van der Waals surface area (Å²) in [5, 5.41) is 3.58. The van der Waals surface area contributed by atoms with E-state index in [1.54, 1.807) is 18.2 Å². The van der Waals surface area contributed by atoms with Gasteiger partial charge in [-0.3, -0.25) is 9.52 Å². The number of carbonyl (C=O) groups is 1. The molecule has 31 heavy (non-hydrogen) atoms. The molecule has 2 N–H and O–H groups in total. The molecular weight excluding hydrogens is 431 g/mol. The molecule has 6 nitrogen and oxygen atoms in total. The second kappa shape index (κ2) is 9.00. The highest BCUT2D eigenvalue weighted by molar-refractivity contribution is 7.92. The van der Waals surface area contributed by atoms with Gasteiger partial charge in [0.15, 0.2) is 0 Å². The van der Waals surface area contributed by atoms with Crippen LogP contribution in [0.1, 0.15) is 21.5 Å². The molecule has 1 amide bonds. The number of amides is 1. The summed E-state index contributed by atoms with van der Waals surface area (Å²) in [6.07, 6.45) is -3.64. The third-order valence-electron chi connectivity index (χ3n) is 4.09. The SMILES string of the molecule is O=C(N/N=C/c1ccccc1C(F)(F)F)c1ccc(NS(=O)(=O)c2ccccc2)cc1. The highest BCUT2D eigenvalue weighted by Crippen LogP contribution is 2.31. The molecule has 160 valence electrons. The predicted molar refractivity (Wildman–Crippen MR) is 110 cm³/mol. The Labute approximate surface area is 176 Å². The average Bonchev–Trinajstić information content (AvgIpc) is 2.74. The number of hydrazone groups is 1. The third-order valence-corrected chi connectivity index (χ3v) is 5.49. The van der Waals surface area contributed by atoms with Crippen LogP contribution in [-0.4, -0.2) is 20.5 Å². The maximum Gasteiger partial charge on any atom is 0.417 e. The second-order valence-electron chi connectivity index (χ2n) is 6.28. The minimum absolute atomic E-state index is 0.0882. The largest absolute Gasteiger partial charge is 0.417 e. The molecule has 0 saturated heterocycles. The number of carbonyl (C=O) groups excluding carboxylic acids is 1. The fourth-order valence-corrected chi connectivity index (χ4v) is 3.68. The van der Waals surface area contributed by atoms with Gasteiger partial charge in [-0.2, -0.15) is 18.3 Å². The van der Waals surface area contributed by atoms with Crippen molar-refractivity contribution in [2.24, 2.45) is 5.10 Å². The number of benzene rings is 3. The van der Waals surface area contributed by atoms with E-state index in [1.807, 2.05) is 0 Å². The van der Waals surface area contributed by atoms with Crippen LogP contribution in [-0.2, 0) is 16.2 Å². The van der Waals surface area contributed by atoms with E-state index in [9.17, 15) is 26.4 Å². The number of nitrogens with one attached hydrogen (secondary N) is 2. The molecule has 0 atom stereocenters. The molecule has 0 aliphatic carbocycles. The number of halogens is 3. The van der Waals surface area contributed by atoms with Crippen molar-refractivity contribution in [3.05, 3.63) is 95.6 Å². The lowest BCUT2D eigenvalue weighted by atomic mass is 10.1. The first-order valence-electron chi connectivity index (χ1n) is 8.84. The Morgan fingerprint density at radius 3 is 2.13 bits per heavy atom. The Morgan fingerprint density at radius 2 is 1.48 bits per heavy atom. The van der Waals surface area contributed by atoms with Gasteiger partial charge in [0, 0.05) is 16.8 Å². The molecule has 0 fully saturated rings. The summed E-state index contributed by atoms with van der Waals surface area (Å²) in [4.78, 5) is 12.2. The molecule has 0 aromatic heterocycles. The van der Waals surface area contributed by atoms with E-state index in [4.69, 9.17) is 0 Å². The number of anilines is 1. The smallest absolute Gasteiger partial charge is 0.280 e. The van der Waals surface area contributed by atoms with Gasteiger partial charge in [-0.15, -0.1) is 0 Å². The monoisotopic (exact) mass is 447 g/mol. The lowest BCUT2D eigenvalue weighted by Crippen LogP contribution is -2.18. The van der Waals surface area contributed by atoms with E-state index in [2.05, 4.69) is 15.2 Å².